The summed E-state index contributed by atoms with van der Waals surface area (Å²) in [6.45, 7) is 6.97. The van der Waals surface area contributed by atoms with Crippen LogP contribution in [0.1, 0.15) is 77.5 Å². The van der Waals surface area contributed by atoms with Gasteiger partial charge < -0.3 is 15.8 Å². The molecule has 1 aliphatic rings. The van der Waals surface area contributed by atoms with Gasteiger partial charge in [-0.2, -0.15) is 4.98 Å². The minimum Gasteiger partial charge on any atom is -0.476 e. The van der Waals surface area contributed by atoms with Gasteiger partial charge >= 0.3 is 0 Å². The molecular weight excluding hydrogens is 276 g/mol. The molecule has 0 aliphatic heterocycles. The fourth-order valence-electron chi connectivity index (χ4n) is 2.70. The van der Waals surface area contributed by atoms with Crippen LogP contribution in [0.3, 0.4) is 0 Å². The zero-order valence-electron chi connectivity index (χ0n) is 14.2. The van der Waals surface area contributed by atoms with Gasteiger partial charge in [0.05, 0.1) is 6.61 Å². The lowest BCUT2D eigenvalue weighted by Crippen LogP contribution is -2.24. The summed E-state index contributed by atoms with van der Waals surface area (Å²) in [5.74, 6) is 2.32. The van der Waals surface area contributed by atoms with Crippen LogP contribution in [0, 0.1) is 0 Å². The molecule has 1 aromatic rings. The molecule has 124 valence electrons. The normalized spacial score (nSPS) is 16.0. The van der Waals surface area contributed by atoms with Crippen molar-refractivity contribution in [1.82, 2.24) is 9.97 Å². The van der Waals surface area contributed by atoms with E-state index in [0.717, 1.165) is 24.5 Å². The van der Waals surface area contributed by atoms with E-state index in [1.807, 2.05) is 0 Å². The second-order valence-electron chi connectivity index (χ2n) is 6.49. The third-order valence-corrected chi connectivity index (χ3v) is 4.13. The van der Waals surface area contributed by atoms with Crippen molar-refractivity contribution in [1.29, 1.82) is 0 Å². The predicted molar refractivity (Wildman–Crippen MR) is 91.4 cm³/mol. The SMILES string of the molecule is CCCCOc1nc(C(C)C)nc(NC2CCCCC2)c1N. The number of unbranched alkanes of at least 4 members (excludes halogenated alkanes) is 1. The molecule has 0 saturated heterocycles. The van der Waals surface area contributed by atoms with Gasteiger partial charge in [0.1, 0.15) is 11.5 Å². The maximum absolute atomic E-state index is 6.24. The van der Waals surface area contributed by atoms with Crippen molar-refractivity contribution in [3.63, 3.8) is 0 Å². The minimum absolute atomic E-state index is 0.251. The summed E-state index contributed by atoms with van der Waals surface area (Å²) in [4.78, 5) is 9.13. The molecule has 1 heterocycles. The lowest BCUT2D eigenvalue weighted by atomic mass is 9.95. The molecule has 5 nitrogen and oxygen atoms in total. The number of nitrogens with zero attached hydrogens (tertiary/aromatic N) is 2. The Morgan fingerprint density at radius 3 is 2.59 bits per heavy atom. The van der Waals surface area contributed by atoms with Crippen molar-refractivity contribution in [3.05, 3.63) is 5.82 Å². The highest BCUT2D eigenvalue weighted by Crippen LogP contribution is 2.31. The molecular formula is C17H30N4O. The maximum atomic E-state index is 6.24. The molecule has 22 heavy (non-hydrogen) atoms. The quantitative estimate of drug-likeness (QED) is 0.742. The van der Waals surface area contributed by atoms with E-state index in [2.05, 4.69) is 36.1 Å². The van der Waals surface area contributed by atoms with E-state index < -0.39 is 0 Å². The van der Waals surface area contributed by atoms with E-state index in [1.54, 1.807) is 0 Å². The number of rotatable bonds is 7. The number of nitrogens with one attached hydrogen (secondary N) is 1. The van der Waals surface area contributed by atoms with Gasteiger partial charge in [0, 0.05) is 12.0 Å². The zero-order valence-corrected chi connectivity index (χ0v) is 14.2. The third kappa shape index (κ3) is 4.49. The smallest absolute Gasteiger partial charge is 0.242 e. The lowest BCUT2D eigenvalue weighted by molar-refractivity contribution is 0.297. The molecule has 1 aromatic heterocycles. The monoisotopic (exact) mass is 306 g/mol. The number of aromatic nitrogens is 2. The third-order valence-electron chi connectivity index (χ3n) is 4.13. The molecule has 0 unspecified atom stereocenters. The van der Waals surface area contributed by atoms with Gasteiger partial charge in [0.25, 0.3) is 0 Å². The van der Waals surface area contributed by atoms with Crippen LogP contribution in [0.25, 0.3) is 0 Å². The molecule has 1 saturated carbocycles. The van der Waals surface area contributed by atoms with Crippen molar-refractivity contribution < 1.29 is 4.74 Å². The molecule has 0 bridgehead atoms. The number of anilines is 2. The summed E-state index contributed by atoms with van der Waals surface area (Å²) in [6.07, 6.45) is 8.36. The largest absolute Gasteiger partial charge is 0.476 e. The Kier molecular flexibility index (Phi) is 6.28. The Morgan fingerprint density at radius 1 is 1.23 bits per heavy atom. The zero-order chi connectivity index (χ0) is 15.9. The van der Waals surface area contributed by atoms with Crippen LogP contribution in [-0.4, -0.2) is 22.6 Å². The van der Waals surface area contributed by atoms with E-state index in [-0.39, 0.29) is 5.92 Å². The van der Waals surface area contributed by atoms with Crippen molar-refractivity contribution in [2.75, 3.05) is 17.7 Å². The first-order valence-electron chi connectivity index (χ1n) is 8.68. The summed E-state index contributed by atoms with van der Waals surface area (Å²) in [6, 6.07) is 0.467. The average Bonchev–Trinajstić information content (AvgIpc) is 2.51. The Bertz CT molecular complexity index is 470. The van der Waals surface area contributed by atoms with E-state index >= 15 is 0 Å². The van der Waals surface area contributed by atoms with Crippen LogP contribution in [0.5, 0.6) is 5.88 Å². The van der Waals surface area contributed by atoms with Crippen LogP contribution in [-0.2, 0) is 0 Å². The van der Waals surface area contributed by atoms with E-state index in [4.69, 9.17) is 10.5 Å². The van der Waals surface area contributed by atoms with Crippen molar-refractivity contribution in [2.45, 2.75) is 77.7 Å². The number of nitrogens with two attached hydrogens (primary N) is 1. The Labute approximate surface area is 134 Å². The first kappa shape index (κ1) is 16.8. The molecule has 1 aliphatic carbocycles. The van der Waals surface area contributed by atoms with Gasteiger partial charge in [0.2, 0.25) is 5.88 Å². The van der Waals surface area contributed by atoms with E-state index in [1.165, 1.54) is 32.1 Å². The van der Waals surface area contributed by atoms with E-state index in [0.29, 0.717) is 24.2 Å². The topological polar surface area (TPSA) is 73.1 Å². The molecule has 0 radical (unpaired) electrons. The van der Waals surface area contributed by atoms with Crippen LogP contribution in [0.4, 0.5) is 11.5 Å². The standard InChI is InChI=1S/C17H30N4O/c1-4-5-11-22-17-14(18)16(20-15(21-17)12(2)3)19-13-9-7-6-8-10-13/h12-13H,4-11,18H2,1-3H3,(H,19,20,21). The summed E-state index contributed by atoms with van der Waals surface area (Å²) in [5.41, 5.74) is 6.79. The highest BCUT2D eigenvalue weighted by atomic mass is 16.5. The Hall–Kier alpha value is -1.52. The first-order valence-corrected chi connectivity index (χ1v) is 8.68. The highest BCUT2D eigenvalue weighted by Gasteiger charge is 2.19. The number of hydrogen-bond donors (Lipinski definition) is 2. The first-order chi connectivity index (χ1) is 10.6. The van der Waals surface area contributed by atoms with Gasteiger partial charge in [-0.15, -0.1) is 0 Å². The number of ether oxygens (including phenoxy) is 1. The van der Waals surface area contributed by atoms with E-state index in [9.17, 15) is 0 Å². The molecule has 0 amide bonds. The summed E-state index contributed by atoms with van der Waals surface area (Å²) >= 11 is 0. The van der Waals surface area contributed by atoms with Gasteiger partial charge in [-0.05, 0) is 19.3 Å². The molecule has 1 fully saturated rings. The summed E-state index contributed by atoms with van der Waals surface area (Å²) in [7, 11) is 0. The predicted octanol–water partition coefficient (Wildman–Crippen LogP) is 4.11. The van der Waals surface area contributed by atoms with Crippen LogP contribution in [0.15, 0.2) is 0 Å². The lowest BCUT2D eigenvalue weighted by Gasteiger charge is -2.24. The average molecular weight is 306 g/mol. The van der Waals surface area contributed by atoms with Gasteiger partial charge in [-0.3, -0.25) is 0 Å². The van der Waals surface area contributed by atoms with Gasteiger partial charge in [-0.1, -0.05) is 46.5 Å². The molecule has 0 aromatic carbocycles. The Balaban J connectivity index is 2.18. The second-order valence-corrected chi connectivity index (χ2v) is 6.49. The highest BCUT2D eigenvalue weighted by molar-refractivity contribution is 5.67. The Morgan fingerprint density at radius 2 is 1.95 bits per heavy atom. The summed E-state index contributed by atoms with van der Waals surface area (Å²) < 4.78 is 5.78. The van der Waals surface area contributed by atoms with Gasteiger partial charge in [-0.25, -0.2) is 4.98 Å². The summed E-state index contributed by atoms with van der Waals surface area (Å²) in [5, 5.41) is 3.52. The molecule has 3 N–H and O–H groups in total. The maximum Gasteiger partial charge on any atom is 0.242 e. The van der Waals surface area contributed by atoms with Crippen molar-refractivity contribution in [3.8, 4) is 5.88 Å². The fraction of sp³-hybridized carbons (Fsp3) is 0.765. The molecule has 0 spiro atoms. The van der Waals surface area contributed by atoms with Crippen molar-refractivity contribution in [2.24, 2.45) is 0 Å². The van der Waals surface area contributed by atoms with Gasteiger partial charge in [0.15, 0.2) is 5.82 Å². The minimum atomic E-state index is 0.251. The number of hydrogen-bond acceptors (Lipinski definition) is 5. The van der Waals surface area contributed by atoms with Crippen LogP contribution < -0.4 is 15.8 Å². The van der Waals surface area contributed by atoms with Crippen molar-refractivity contribution >= 4 is 11.5 Å². The molecule has 2 rings (SSSR count). The molecule has 0 atom stereocenters. The van der Waals surface area contributed by atoms with Crippen LogP contribution >= 0.6 is 0 Å². The fourth-order valence-corrected chi connectivity index (χ4v) is 2.70. The number of nitrogen functional groups attached to an aromatic ring is 1. The molecule has 5 heteroatoms. The second kappa shape index (κ2) is 8.20. The van der Waals surface area contributed by atoms with Crippen LogP contribution in [0.2, 0.25) is 0 Å².